The third-order valence-electron chi connectivity index (χ3n) is 11.9. The Morgan fingerprint density at radius 1 is 0.364 bits per heavy atom. The summed E-state index contributed by atoms with van der Waals surface area (Å²) in [5.74, 6) is -0.686. The zero-order chi connectivity index (χ0) is 47.7. The molecule has 0 aromatic heterocycles. The smallest absolute Gasteiger partial charge is 0.306 e. The van der Waals surface area contributed by atoms with Crippen LogP contribution in [0.15, 0.2) is 97.2 Å². The van der Waals surface area contributed by atoms with Crippen LogP contribution in [0.3, 0.4) is 0 Å². The molecule has 0 amide bonds. The number of aliphatic hydroxyl groups excluding tert-OH is 1. The van der Waals surface area contributed by atoms with Gasteiger partial charge in [0.2, 0.25) is 0 Å². The van der Waals surface area contributed by atoms with E-state index in [1.807, 2.05) is 12.2 Å². The first-order valence-corrected chi connectivity index (χ1v) is 27.8. The third-order valence-corrected chi connectivity index (χ3v) is 11.9. The van der Waals surface area contributed by atoms with Gasteiger partial charge in [0.15, 0.2) is 6.10 Å². The molecule has 1 atom stereocenters. The zero-order valence-corrected chi connectivity index (χ0v) is 43.2. The fourth-order valence-corrected chi connectivity index (χ4v) is 7.73. The van der Waals surface area contributed by atoms with Gasteiger partial charge in [-0.1, -0.05) is 259 Å². The molecule has 0 aliphatic heterocycles. The normalized spacial score (nSPS) is 13.0. The Bertz CT molecular complexity index is 1270. The van der Waals surface area contributed by atoms with Gasteiger partial charge < -0.3 is 14.6 Å². The van der Waals surface area contributed by atoms with Gasteiger partial charge in [-0.25, -0.2) is 0 Å². The van der Waals surface area contributed by atoms with Gasteiger partial charge in [-0.05, 0) is 83.5 Å². The summed E-state index contributed by atoms with van der Waals surface area (Å²) in [7, 11) is 0. The van der Waals surface area contributed by atoms with E-state index in [4.69, 9.17) is 9.47 Å². The quantitative estimate of drug-likeness (QED) is 0.0374. The van der Waals surface area contributed by atoms with Crippen LogP contribution in [0.4, 0.5) is 0 Å². The van der Waals surface area contributed by atoms with E-state index < -0.39 is 12.1 Å². The number of allylic oxidation sites excluding steroid dienone is 16. The molecule has 0 radical (unpaired) electrons. The fourth-order valence-electron chi connectivity index (χ4n) is 7.73. The molecule has 0 aliphatic rings. The molecule has 5 heteroatoms. The number of unbranched alkanes of at least 4 members (excludes halogenated alkanes) is 26. The lowest BCUT2D eigenvalue weighted by molar-refractivity contribution is -0.161. The summed E-state index contributed by atoms with van der Waals surface area (Å²) >= 11 is 0. The lowest BCUT2D eigenvalue weighted by Gasteiger charge is -2.15. The van der Waals surface area contributed by atoms with Crippen LogP contribution >= 0.6 is 0 Å². The Labute approximate surface area is 408 Å². The van der Waals surface area contributed by atoms with E-state index in [1.54, 1.807) is 0 Å². The Hall–Kier alpha value is -3.18. The lowest BCUT2D eigenvalue weighted by Crippen LogP contribution is -2.28. The second-order valence-corrected chi connectivity index (χ2v) is 18.3. The Kier molecular flexibility index (Phi) is 53.4. The predicted octanol–water partition coefficient (Wildman–Crippen LogP) is 18.7. The number of hydrogen-bond donors (Lipinski definition) is 1. The highest BCUT2D eigenvalue weighted by molar-refractivity contribution is 5.70. The molecule has 0 saturated carbocycles. The maximum Gasteiger partial charge on any atom is 0.306 e. The molecule has 0 rings (SSSR count). The largest absolute Gasteiger partial charge is 0.462 e. The molecule has 1 N–H and O–H groups in total. The Morgan fingerprint density at radius 2 is 0.682 bits per heavy atom. The van der Waals surface area contributed by atoms with Gasteiger partial charge in [0.05, 0.1) is 6.61 Å². The van der Waals surface area contributed by atoms with Gasteiger partial charge in [0, 0.05) is 12.8 Å². The zero-order valence-electron chi connectivity index (χ0n) is 43.2. The van der Waals surface area contributed by atoms with E-state index in [0.29, 0.717) is 12.8 Å². The van der Waals surface area contributed by atoms with Gasteiger partial charge in [0.25, 0.3) is 0 Å². The number of ether oxygens (including phenoxy) is 2. The molecule has 66 heavy (non-hydrogen) atoms. The van der Waals surface area contributed by atoms with Crippen LogP contribution < -0.4 is 0 Å². The third kappa shape index (κ3) is 53.4. The van der Waals surface area contributed by atoms with Crippen molar-refractivity contribution in [3.8, 4) is 0 Å². The summed E-state index contributed by atoms with van der Waals surface area (Å²) in [6, 6.07) is 0. The molecule has 0 bridgehead atoms. The topological polar surface area (TPSA) is 72.8 Å². The molecule has 0 aliphatic carbocycles. The molecule has 378 valence electrons. The van der Waals surface area contributed by atoms with E-state index in [2.05, 4.69) is 98.9 Å². The van der Waals surface area contributed by atoms with Crippen molar-refractivity contribution in [2.24, 2.45) is 0 Å². The van der Waals surface area contributed by atoms with Crippen LogP contribution in [0.5, 0.6) is 0 Å². The van der Waals surface area contributed by atoms with Crippen LogP contribution in [0.1, 0.15) is 258 Å². The summed E-state index contributed by atoms with van der Waals surface area (Å²) in [5, 5.41) is 9.62. The van der Waals surface area contributed by atoms with Gasteiger partial charge in [-0.3, -0.25) is 9.59 Å². The predicted molar refractivity (Wildman–Crippen MR) is 288 cm³/mol. The molecule has 0 aromatic rings. The molecule has 0 saturated heterocycles. The standard InChI is InChI=1S/C61H104O5/c1-3-5-7-9-11-13-15-17-19-21-23-24-25-26-27-28-29-30-31-32-33-34-35-36-38-39-41-43-45-47-49-51-53-55-60(63)65-58-59(57-62)66-61(64)56-54-52-50-48-46-44-42-40-37-22-20-18-16-14-12-10-8-6-4-2/h6,8,12,14-15,17-18,20-21,23,37,40,44,46,50,52,59,62H,3-5,7,9-11,13,16,19,22,24-36,38-39,41-43,45,47-49,51,53-58H2,1-2H3/b8-6-,14-12-,17-15-,20-18-,23-21-,40-37-,46-44-,52-50-. The summed E-state index contributed by atoms with van der Waals surface area (Å²) in [6.45, 7) is 3.97. The van der Waals surface area contributed by atoms with Gasteiger partial charge in [-0.15, -0.1) is 0 Å². The van der Waals surface area contributed by atoms with Crippen LogP contribution in [-0.2, 0) is 19.1 Å². The molecule has 0 fully saturated rings. The SMILES string of the molecule is CC/C=C\C/C=C\C/C=C\C/C=C\C/C=C\C/C=C\CCC(=O)OC(CO)COC(=O)CCCCCCCCCCCCCCCCCCCCCCC/C=C\C/C=C\CCCCCCC. The van der Waals surface area contributed by atoms with Crippen molar-refractivity contribution in [1.82, 2.24) is 0 Å². The molecular formula is C61H104O5. The van der Waals surface area contributed by atoms with Gasteiger partial charge >= 0.3 is 11.9 Å². The van der Waals surface area contributed by atoms with E-state index in [0.717, 1.165) is 64.2 Å². The summed E-state index contributed by atoms with van der Waals surface area (Å²) in [6.07, 6.45) is 79.7. The van der Waals surface area contributed by atoms with Crippen molar-refractivity contribution in [2.45, 2.75) is 264 Å². The minimum atomic E-state index is -0.817. The van der Waals surface area contributed by atoms with Crippen molar-refractivity contribution >= 4 is 11.9 Å². The minimum absolute atomic E-state index is 0.0990. The minimum Gasteiger partial charge on any atom is -0.462 e. The van der Waals surface area contributed by atoms with Crippen molar-refractivity contribution in [3.63, 3.8) is 0 Å². The van der Waals surface area contributed by atoms with Crippen LogP contribution in [0, 0.1) is 0 Å². The highest BCUT2D eigenvalue weighted by atomic mass is 16.6. The monoisotopic (exact) mass is 917 g/mol. The average Bonchev–Trinajstić information content (AvgIpc) is 3.32. The number of esters is 2. The van der Waals surface area contributed by atoms with Crippen molar-refractivity contribution in [3.05, 3.63) is 97.2 Å². The van der Waals surface area contributed by atoms with Gasteiger partial charge in [0.1, 0.15) is 6.61 Å². The highest BCUT2D eigenvalue weighted by Crippen LogP contribution is 2.16. The van der Waals surface area contributed by atoms with Crippen LogP contribution in [0.2, 0.25) is 0 Å². The maximum absolute atomic E-state index is 12.2. The Balaban J connectivity index is 3.51. The van der Waals surface area contributed by atoms with Crippen LogP contribution in [0.25, 0.3) is 0 Å². The van der Waals surface area contributed by atoms with Crippen molar-refractivity contribution in [2.75, 3.05) is 13.2 Å². The number of carbonyl (C=O) groups excluding carboxylic acids is 2. The van der Waals surface area contributed by atoms with E-state index in [1.165, 1.54) is 161 Å². The fraction of sp³-hybridized carbons (Fsp3) is 0.705. The first kappa shape index (κ1) is 62.8. The maximum atomic E-state index is 12.2. The molecule has 5 nitrogen and oxygen atoms in total. The first-order chi connectivity index (χ1) is 32.6. The number of rotatable bonds is 50. The summed E-state index contributed by atoms with van der Waals surface area (Å²) in [4.78, 5) is 24.4. The first-order valence-electron chi connectivity index (χ1n) is 27.8. The molecule has 0 spiro atoms. The Morgan fingerprint density at radius 3 is 1.05 bits per heavy atom. The molecule has 0 heterocycles. The van der Waals surface area contributed by atoms with E-state index >= 15 is 0 Å². The second kappa shape index (κ2) is 56.1. The van der Waals surface area contributed by atoms with E-state index in [-0.39, 0.29) is 25.6 Å². The summed E-state index contributed by atoms with van der Waals surface area (Å²) in [5.41, 5.74) is 0. The van der Waals surface area contributed by atoms with Crippen LogP contribution in [-0.4, -0.2) is 36.4 Å². The molecule has 0 aromatic carbocycles. The lowest BCUT2D eigenvalue weighted by atomic mass is 10.0. The second-order valence-electron chi connectivity index (χ2n) is 18.3. The number of carbonyl (C=O) groups is 2. The highest BCUT2D eigenvalue weighted by Gasteiger charge is 2.15. The molecule has 1 unspecified atom stereocenters. The van der Waals surface area contributed by atoms with E-state index in [9.17, 15) is 14.7 Å². The van der Waals surface area contributed by atoms with Crippen molar-refractivity contribution in [1.29, 1.82) is 0 Å². The molecular weight excluding hydrogens is 813 g/mol. The van der Waals surface area contributed by atoms with Gasteiger partial charge in [-0.2, -0.15) is 0 Å². The number of hydrogen-bond acceptors (Lipinski definition) is 5. The van der Waals surface area contributed by atoms with Crippen molar-refractivity contribution < 1.29 is 24.2 Å². The summed E-state index contributed by atoms with van der Waals surface area (Å²) < 4.78 is 10.6. The number of aliphatic hydroxyl groups is 1. The average molecular weight is 917 g/mol.